The molecule has 0 spiro atoms. The molecule has 0 atom stereocenters. The zero-order valence-electron chi connectivity index (χ0n) is 11.8. The summed E-state index contributed by atoms with van der Waals surface area (Å²) < 4.78 is 0. The second-order valence-corrected chi connectivity index (χ2v) is 4.89. The van der Waals surface area contributed by atoms with Gasteiger partial charge in [0.1, 0.15) is 0 Å². The van der Waals surface area contributed by atoms with E-state index in [2.05, 4.69) is 24.3 Å². The Balaban J connectivity index is 1.82. The van der Waals surface area contributed by atoms with E-state index < -0.39 is 5.91 Å². The normalized spacial score (nSPS) is 10.7. The second kappa shape index (κ2) is 8.02. The van der Waals surface area contributed by atoms with Gasteiger partial charge in [-0.2, -0.15) is 0 Å². The number of carbonyl (C=O) groups excluding carboxylic acids is 1. The molecule has 2 N–H and O–H groups in total. The number of hydroxylamine groups is 1. The highest BCUT2D eigenvalue weighted by Gasteiger charge is 2.01. The fourth-order valence-electron chi connectivity index (χ4n) is 2.07. The molecule has 2 aromatic carbocycles. The number of benzene rings is 2. The highest BCUT2D eigenvalue weighted by Crippen LogP contribution is 2.07. The lowest BCUT2D eigenvalue weighted by atomic mass is 10.1. The van der Waals surface area contributed by atoms with Gasteiger partial charge in [0.25, 0.3) is 0 Å². The molecule has 21 heavy (non-hydrogen) atoms. The summed E-state index contributed by atoms with van der Waals surface area (Å²) in [6.07, 6.45) is 6.33. The highest BCUT2D eigenvalue weighted by molar-refractivity contribution is 5.77. The quantitative estimate of drug-likeness (QED) is 0.485. The van der Waals surface area contributed by atoms with E-state index in [4.69, 9.17) is 5.21 Å². The predicted octanol–water partition coefficient (Wildman–Crippen LogP) is 3.08. The number of hydrogen-bond acceptors (Lipinski definition) is 2. The molecule has 3 nitrogen and oxygen atoms in total. The first-order chi connectivity index (χ1) is 10.3. The molecule has 108 valence electrons. The van der Waals surface area contributed by atoms with Gasteiger partial charge in [0, 0.05) is 0 Å². The standard InChI is InChI=1S/C18H19NO2/c20-18(19-21)14-17-12-10-16(11-13-17)9-5-4-8-15-6-2-1-3-7-15/h1-7,10-13,21H,8-9,14H2,(H,19,20)/b5-4+. The minimum absolute atomic E-state index is 0.195. The van der Waals surface area contributed by atoms with Crippen LogP contribution in [0.3, 0.4) is 0 Å². The molecule has 0 bridgehead atoms. The maximum Gasteiger partial charge on any atom is 0.247 e. The second-order valence-electron chi connectivity index (χ2n) is 4.89. The van der Waals surface area contributed by atoms with Crippen molar-refractivity contribution in [1.82, 2.24) is 5.48 Å². The van der Waals surface area contributed by atoms with Crippen molar-refractivity contribution in [2.24, 2.45) is 0 Å². The van der Waals surface area contributed by atoms with Gasteiger partial charge < -0.3 is 0 Å². The summed E-state index contributed by atoms with van der Waals surface area (Å²) in [7, 11) is 0. The molecule has 3 heteroatoms. The van der Waals surface area contributed by atoms with Crippen molar-refractivity contribution >= 4 is 5.91 Å². The number of allylic oxidation sites excluding steroid dienone is 2. The van der Waals surface area contributed by atoms with Crippen molar-refractivity contribution < 1.29 is 10.0 Å². The summed E-state index contributed by atoms with van der Waals surface area (Å²) in [6, 6.07) is 18.2. The zero-order chi connectivity index (χ0) is 14.9. The molecular formula is C18H19NO2. The van der Waals surface area contributed by atoms with E-state index in [1.165, 1.54) is 11.1 Å². The third kappa shape index (κ3) is 5.24. The minimum atomic E-state index is -0.398. The molecule has 0 fully saturated rings. The van der Waals surface area contributed by atoms with Crippen molar-refractivity contribution in [3.05, 3.63) is 83.4 Å². The van der Waals surface area contributed by atoms with Crippen LogP contribution < -0.4 is 5.48 Å². The van der Waals surface area contributed by atoms with Crippen molar-refractivity contribution in [3.63, 3.8) is 0 Å². The molecule has 2 aromatic rings. The van der Waals surface area contributed by atoms with Gasteiger partial charge in [0.2, 0.25) is 5.91 Å². The number of amides is 1. The maximum atomic E-state index is 11.0. The molecule has 0 saturated heterocycles. The Hall–Kier alpha value is -2.39. The third-order valence-corrected chi connectivity index (χ3v) is 3.23. The highest BCUT2D eigenvalue weighted by atomic mass is 16.5. The lowest BCUT2D eigenvalue weighted by molar-refractivity contribution is -0.128. The fraction of sp³-hybridized carbons (Fsp3) is 0.167. The van der Waals surface area contributed by atoms with E-state index in [1.54, 1.807) is 5.48 Å². The predicted molar refractivity (Wildman–Crippen MR) is 83.1 cm³/mol. The molecule has 0 saturated carbocycles. The molecular weight excluding hydrogens is 262 g/mol. The average molecular weight is 281 g/mol. The Morgan fingerprint density at radius 3 is 1.95 bits per heavy atom. The third-order valence-electron chi connectivity index (χ3n) is 3.23. The van der Waals surface area contributed by atoms with Gasteiger partial charge >= 0.3 is 0 Å². The summed E-state index contributed by atoms with van der Waals surface area (Å²) in [6.45, 7) is 0. The molecule has 0 aliphatic heterocycles. The van der Waals surface area contributed by atoms with Crippen LogP contribution in [0.2, 0.25) is 0 Å². The monoisotopic (exact) mass is 281 g/mol. The molecule has 1 amide bonds. The van der Waals surface area contributed by atoms with Crippen molar-refractivity contribution in [3.8, 4) is 0 Å². The summed E-state index contributed by atoms with van der Waals surface area (Å²) in [5.41, 5.74) is 5.03. The molecule has 0 aromatic heterocycles. The van der Waals surface area contributed by atoms with Crippen LogP contribution in [0.15, 0.2) is 66.7 Å². The smallest absolute Gasteiger partial charge is 0.247 e. The first-order valence-corrected chi connectivity index (χ1v) is 6.97. The van der Waals surface area contributed by atoms with Crippen LogP contribution in [0.5, 0.6) is 0 Å². The van der Waals surface area contributed by atoms with E-state index in [9.17, 15) is 4.79 Å². The Bertz CT molecular complexity index is 588. The molecule has 0 radical (unpaired) electrons. The first kappa shape index (κ1) is 15.0. The van der Waals surface area contributed by atoms with Gasteiger partial charge in [-0.3, -0.25) is 10.0 Å². The molecule has 0 heterocycles. The van der Waals surface area contributed by atoms with Crippen molar-refractivity contribution in [1.29, 1.82) is 0 Å². The fourth-order valence-corrected chi connectivity index (χ4v) is 2.07. The maximum absolute atomic E-state index is 11.0. The van der Waals surface area contributed by atoms with E-state index in [0.717, 1.165) is 18.4 Å². The Morgan fingerprint density at radius 1 is 0.857 bits per heavy atom. The van der Waals surface area contributed by atoms with Gasteiger partial charge in [0.15, 0.2) is 0 Å². The van der Waals surface area contributed by atoms with Crippen LogP contribution in [0, 0.1) is 0 Å². The van der Waals surface area contributed by atoms with E-state index in [-0.39, 0.29) is 6.42 Å². The topological polar surface area (TPSA) is 49.3 Å². The molecule has 0 aliphatic rings. The summed E-state index contributed by atoms with van der Waals surface area (Å²) >= 11 is 0. The molecule has 0 unspecified atom stereocenters. The SMILES string of the molecule is O=C(Cc1ccc(C/C=C/Cc2ccccc2)cc1)NO. The minimum Gasteiger partial charge on any atom is -0.289 e. The van der Waals surface area contributed by atoms with Crippen molar-refractivity contribution in [2.75, 3.05) is 0 Å². The summed E-state index contributed by atoms with van der Waals surface area (Å²) in [5.74, 6) is -0.398. The zero-order valence-corrected chi connectivity index (χ0v) is 11.8. The Morgan fingerprint density at radius 2 is 1.38 bits per heavy atom. The van der Waals surface area contributed by atoms with Gasteiger partial charge in [-0.1, -0.05) is 66.7 Å². The number of rotatable bonds is 6. The van der Waals surface area contributed by atoms with Gasteiger partial charge in [-0.05, 0) is 29.5 Å². The molecule has 0 aliphatic carbocycles. The van der Waals surface area contributed by atoms with Gasteiger partial charge in [-0.25, -0.2) is 5.48 Å². The van der Waals surface area contributed by atoms with Crippen LogP contribution >= 0.6 is 0 Å². The van der Waals surface area contributed by atoms with Crippen LogP contribution in [0.25, 0.3) is 0 Å². The lowest BCUT2D eigenvalue weighted by Crippen LogP contribution is -2.20. The van der Waals surface area contributed by atoms with E-state index in [1.807, 2.05) is 42.5 Å². The van der Waals surface area contributed by atoms with Crippen LogP contribution in [-0.2, 0) is 24.1 Å². The first-order valence-electron chi connectivity index (χ1n) is 6.97. The Labute approximate surface area is 124 Å². The molecule has 2 rings (SSSR count). The number of nitrogens with one attached hydrogen (secondary N) is 1. The Kier molecular flexibility index (Phi) is 5.73. The number of carbonyl (C=O) groups is 1. The largest absolute Gasteiger partial charge is 0.289 e. The summed E-state index contributed by atoms with van der Waals surface area (Å²) in [4.78, 5) is 11.0. The van der Waals surface area contributed by atoms with Gasteiger partial charge in [-0.15, -0.1) is 0 Å². The summed E-state index contributed by atoms with van der Waals surface area (Å²) in [5, 5.41) is 8.48. The van der Waals surface area contributed by atoms with Crippen molar-refractivity contribution in [2.45, 2.75) is 19.3 Å². The van der Waals surface area contributed by atoms with Gasteiger partial charge in [0.05, 0.1) is 6.42 Å². The average Bonchev–Trinajstić information content (AvgIpc) is 2.54. The number of hydrogen-bond donors (Lipinski definition) is 2. The van der Waals surface area contributed by atoms with E-state index >= 15 is 0 Å². The van der Waals surface area contributed by atoms with Crippen LogP contribution in [0.4, 0.5) is 0 Å². The van der Waals surface area contributed by atoms with Crippen LogP contribution in [0.1, 0.15) is 16.7 Å². The van der Waals surface area contributed by atoms with Crippen LogP contribution in [-0.4, -0.2) is 11.1 Å². The van der Waals surface area contributed by atoms with E-state index in [0.29, 0.717) is 0 Å². The lowest BCUT2D eigenvalue weighted by Gasteiger charge is -2.01.